The van der Waals surface area contributed by atoms with Crippen LogP contribution in [0.1, 0.15) is 27.6 Å². The second-order valence-electron chi connectivity index (χ2n) is 5.63. The van der Waals surface area contributed by atoms with Crippen LogP contribution in [-0.4, -0.2) is 31.7 Å². The van der Waals surface area contributed by atoms with Crippen LogP contribution in [0.15, 0.2) is 30.6 Å². The van der Waals surface area contributed by atoms with Gasteiger partial charge in [0.1, 0.15) is 6.61 Å². The molecule has 1 amide bonds. The molecule has 23 heavy (non-hydrogen) atoms. The lowest BCUT2D eigenvalue weighted by Gasteiger charge is -2.15. The number of ether oxygens (including phenoxy) is 1. The van der Waals surface area contributed by atoms with Crippen molar-refractivity contribution < 1.29 is 9.53 Å². The minimum Gasteiger partial charge on any atom is -0.372 e. The summed E-state index contributed by atoms with van der Waals surface area (Å²) in [6.07, 6.45) is 3.78. The lowest BCUT2D eigenvalue weighted by molar-refractivity contribution is 0.0802. The van der Waals surface area contributed by atoms with Gasteiger partial charge in [-0.05, 0) is 24.6 Å². The molecule has 0 saturated carbocycles. The second kappa shape index (κ2) is 5.51. The SMILES string of the molecule is Cc1cccn2cc(C(=O)NCc3nnc4n3CCOC4)cc12. The third kappa shape index (κ3) is 2.49. The third-order valence-corrected chi connectivity index (χ3v) is 4.11. The van der Waals surface area contributed by atoms with Crippen molar-refractivity contribution in [3.05, 3.63) is 53.4 Å². The number of carbonyl (C=O) groups excluding carboxylic acids is 1. The van der Waals surface area contributed by atoms with Crippen molar-refractivity contribution in [2.75, 3.05) is 6.61 Å². The average Bonchev–Trinajstić information content (AvgIpc) is 3.17. The van der Waals surface area contributed by atoms with Crippen LogP contribution in [0.5, 0.6) is 0 Å². The van der Waals surface area contributed by atoms with Gasteiger partial charge in [0.2, 0.25) is 0 Å². The molecule has 0 saturated heterocycles. The van der Waals surface area contributed by atoms with Gasteiger partial charge in [0.05, 0.1) is 18.7 Å². The van der Waals surface area contributed by atoms with Gasteiger partial charge in [0.15, 0.2) is 11.6 Å². The van der Waals surface area contributed by atoms with Crippen molar-refractivity contribution in [3.63, 3.8) is 0 Å². The summed E-state index contributed by atoms with van der Waals surface area (Å²) >= 11 is 0. The van der Waals surface area contributed by atoms with E-state index in [1.165, 1.54) is 0 Å². The Morgan fingerprint density at radius 3 is 3.22 bits per heavy atom. The molecule has 0 spiro atoms. The predicted octanol–water partition coefficient (Wildman–Crippen LogP) is 1.30. The van der Waals surface area contributed by atoms with Gasteiger partial charge in [0.25, 0.3) is 5.91 Å². The molecule has 0 aromatic carbocycles. The van der Waals surface area contributed by atoms with Crippen LogP contribution in [0.3, 0.4) is 0 Å². The van der Waals surface area contributed by atoms with Crippen molar-refractivity contribution in [2.45, 2.75) is 26.6 Å². The zero-order chi connectivity index (χ0) is 15.8. The molecule has 4 heterocycles. The van der Waals surface area contributed by atoms with E-state index >= 15 is 0 Å². The van der Waals surface area contributed by atoms with Crippen LogP contribution >= 0.6 is 0 Å². The highest BCUT2D eigenvalue weighted by molar-refractivity contribution is 5.95. The molecule has 7 nitrogen and oxygen atoms in total. The number of aromatic nitrogens is 4. The summed E-state index contributed by atoms with van der Waals surface area (Å²) in [4.78, 5) is 12.4. The number of nitrogens with one attached hydrogen (secondary N) is 1. The Bertz CT molecular complexity index is 880. The van der Waals surface area contributed by atoms with E-state index in [2.05, 4.69) is 15.5 Å². The normalized spacial score (nSPS) is 14.0. The first kappa shape index (κ1) is 14.0. The van der Waals surface area contributed by atoms with Crippen molar-refractivity contribution in [1.82, 2.24) is 24.5 Å². The summed E-state index contributed by atoms with van der Waals surface area (Å²) in [6, 6.07) is 5.90. The monoisotopic (exact) mass is 311 g/mol. The molecule has 0 aliphatic carbocycles. The number of carbonyl (C=O) groups is 1. The van der Waals surface area contributed by atoms with Gasteiger partial charge in [-0.2, -0.15) is 0 Å². The van der Waals surface area contributed by atoms with E-state index in [4.69, 9.17) is 4.74 Å². The summed E-state index contributed by atoms with van der Waals surface area (Å²) in [5.74, 6) is 1.46. The Morgan fingerprint density at radius 1 is 1.43 bits per heavy atom. The fourth-order valence-electron chi connectivity index (χ4n) is 2.86. The first-order valence-electron chi connectivity index (χ1n) is 7.56. The fourth-order valence-corrected chi connectivity index (χ4v) is 2.86. The maximum atomic E-state index is 12.4. The molecule has 1 N–H and O–H groups in total. The van der Waals surface area contributed by atoms with E-state index in [9.17, 15) is 4.79 Å². The molecular formula is C16H17N5O2. The van der Waals surface area contributed by atoms with Gasteiger partial charge in [-0.3, -0.25) is 4.79 Å². The molecule has 0 atom stereocenters. The van der Waals surface area contributed by atoms with E-state index < -0.39 is 0 Å². The number of rotatable bonds is 3. The Hall–Kier alpha value is -2.67. The van der Waals surface area contributed by atoms with Gasteiger partial charge in [-0.1, -0.05) is 6.07 Å². The van der Waals surface area contributed by atoms with Crippen LogP contribution in [0.2, 0.25) is 0 Å². The van der Waals surface area contributed by atoms with E-state index in [0.29, 0.717) is 25.3 Å². The third-order valence-electron chi connectivity index (χ3n) is 4.11. The van der Waals surface area contributed by atoms with Crippen molar-refractivity contribution in [1.29, 1.82) is 0 Å². The number of fused-ring (bicyclic) bond motifs is 2. The summed E-state index contributed by atoms with van der Waals surface area (Å²) in [7, 11) is 0. The first-order chi connectivity index (χ1) is 11.2. The summed E-state index contributed by atoms with van der Waals surface area (Å²) in [6.45, 7) is 4.24. The minimum absolute atomic E-state index is 0.113. The van der Waals surface area contributed by atoms with Crippen molar-refractivity contribution in [2.24, 2.45) is 0 Å². The van der Waals surface area contributed by atoms with E-state index in [-0.39, 0.29) is 5.91 Å². The zero-order valence-electron chi connectivity index (χ0n) is 12.8. The van der Waals surface area contributed by atoms with Crippen LogP contribution < -0.4 is 5.32 Å². The van der Waals surface area contributed by atoms with Crippen LogP contribution in [0.25, 0.3) is 5.52 Å². The van der Waals surface area contributed by atoms with Gasteiger partial charge >= 0.3 is 0 Å². The molecule has 1 aliphatic rings. The predicted molar refractivity (Wildman–Crippen MR) is 83.0 cm³/mol. The van der Waals surface area contributed by atoms with E-state index in [0.717, 1.165) is 29.3 Å². The maximum absolute atomic E-state index is 12.4. The number of amides is 1. The summed E-state index contributed by atoms with van der Waals surface area (Å²) < 4.78 is 9.30. The maximum Gasteiger partial charge on any atom is 0.253 e. The Kier molecular flexibility index (Phi) is 3.34. The van der Waals surface area contributed by atoms with Gasteiger partial charge < -0.3 is 19.0 Å². The average molecular weight is 311 g/mol. The molecule has 4 rings (SSSR count). The first-order valence-corrected chi connectivity index (χ1v) is 7.56. The quantitative estimate of drug-likeness (QED) is 0.791. The smallest absolute Gasteiger partial charge is 0.253 e. The molecule has 1 aliphatic heterocycles. The molecule has 3 aromatic heterocycles. The Labute approximate surface area is 132 Å². The zero-order valence-corrected chi connectivity index (χ0v) is 12.8. The molecular weight excluding hydrogens is 294 g/mol. The molecule has 0 unspecified atom stereocenters. The number of aryl methyl sites for hydroxylation is 1. The second-order valence-corrected chi connectivity index (χ2v) is 5.63. The fraction of sp³-hybridized carbons (Fsp3) is 0.312. The highest BCUT2D eigenvalue weighted by Gasteiger charge is 2.17. The Balaban J connectivity index is 1.51. The molecule has 0 bridgehead atoms. The molecule has 0 fully saturated rings. The topological polar surface area (TPSA) is 73.5 Å². The van der Waals surface area contributed by atoms with E-state index in [1.807, 2.05) is 46.5 Å². The summed E-state index contributed by atoms with van der Waals surface area (Å²) in [5, 5.41) is 11.1. The number of pyridine rings is 1. The highest BCUT2D eigenvalue weighted by atomic mass is 16.5. The van der Waals surface area contributed by atoms with Crippen LogP contribution in [0.4, 0.5) is 0 Å². The van der Waals surface area contributed by atoms with Crippen LogP contribution in [0, 0.1) is 6.92 Å². The lowest BCUT2D eigenvalue weighted by Crippen LogP contribution is -2.26. The number of nitrogens with zero attached hydrogens (tertiary/aromatic N) is 4. The lowest BCUT2D eigenvalue weighted by atomic mass is 10.2. The summed E-state index contributed by atoms with van der Waals surface area (Å²) in [5.41, 5.74) is 2.81. The van der Waals surface area contributed by atoms with E-state index in [1.54, 1.807) is 0 Å². The number of hydrogen-bond donors (Lipinski definition) is 1. The van der Waals surface area contributed by atoms with Gasteiger partial charge in [-0.15, -0.1) is 10.2 Å². The molecule has 118 valence electrons. The Morgan fingerprint density at radius 2 is 2.35 bits per heavy atom. The van der Waals surface area contributed by atoms with Crippen molar-refractivity contribution >= 4 is 11.4 Å². The largest absolute Gasteiger partial charge is 0.372 e. The van der Waals surface area contributed by atoms with Gasteiger partial charge in [0, 0.05) is 24.5 Å². The van der Waals surface area contributed by atoms with Crippen LogP contribution in [-0.2, 0) is 24.4 Å². The molecule has 7 heteroatoms. The van der Waals surface area contributed by atoms with Gasteiger partial charge in [-0.25, -0.2) is 0 Å². The standard InChI is InChI=1S/C16H17N5O2/c1-11-3-2-4-20-9-12(7-13(11)20)16(22)17-8-14-18-19-15-10-23-6-5-21(14)15/h2-4,7,9H,5-6,8,10H2,1H3,(H,17,22). The van der Waals surface area contributed by atoms with Crippen molar-refractivity contribution in [3.8, 4) is 0 Å². The molecule has 0 radical (unpaired) electrons. The molecule has 3 aromatic rings. The number of hydrogen-bond acceptors (Lipinski definition) is 4. The highest BCUT2D eigenvalue weighted by Crippen LogP contribution is 2.14. The minimum atomic E-state index is -0.113.